The first kappa shape index (κ1) is 21.0. The van der Waals surface area contributed by atoms with Crippen LogP contribution in [0.25, 0.3) is 0 Å². The van der Waals surface area contributed by atoms with Gasteiger partial charge in [-0.3, -0.25) is 4.90 Å². The Bertz CT molecular complexity index is 924. The third-order valence-electron chi connectivity index (χ3n) is 5.10. The summed E-state index contributed by atoms with van der Waals surface area (Å²) in [5.41, 5.74) is 1.21. The molecular formula is C19H26N2O5S2. The fourth-order valence-electron chi connectivity index (χ4n) is 3.49. The number of hydrogen-bond acceptors (Lipinski definition) is 7. The molecule has 2 aromatic heterocycles. The number of methoxy groups -OCH3 is 1. The third kappa shape index (κ3) is 4.83. The molecule has 0 saturated carbocycles. The second kappa shape index (κ2) is 8.77. The predicted molar refractivity (Wildman–Crippen MR) is 107 cm³/mol. The minimum absolute atomic E-state index is 0.00686. The molecule has 28 heavy (non-hydrogen) atoms. The number of rotatable bonds is 7. The normalized spacial score (nSPS) is 16.4. The van der Waals surface area contributed by atoms with Crippen molar-refractivity contribution in [2.45, 2.75) is 38.1 Å². The summed E-state index contributed by atoms with van der Waals surface area (Å²) in [5.74, 6) is 1.54. The van der Waals surface area contributed by atoms with Crippen molar-refractivity contribution in [1.29, 1.82) is 0 Å². The van der Waals surface area contributed by atoms with Crippen molar-refractivity contribution in [3.63, 3.8) is 0 Å². The monoisotopic (exact) mass is 426 g/mol. The van der Waals surface area contributed by atoms with Crippen LogP contribution >= 0.6 is 11.3 Å². The molecule has 3 rings (SSSR count). The molecule has 1 aliphatic heterocycles. The van der Waals surface area contributed by atoms with Gasteiger partial charge < -0.3 is 9.15 Å². The highest BCUT2D eigenvalue weighted by Gasteiger charge is 2.27. The number of carbonyl (C=O) groups is 1. The molecule has 0 amide bonds. The number of aryl methyl sites for hydroxylation is 2. The van der Waals surface area contributed by atoms with Crippen molar-refractivity contribution in [1.82, 2.24) is 9.62 Å². The maximum absolute atomic E-state index is 12.6. The summed E-state index contributed by atoms with van der Waals surface area (Å²) < 4.78 is 38.1. The zero-order valence-electron chi connectivity index (χ0n) is 16.4. The third-order valence-corrected chi connectivity index (χ3v) is 7.59. The summed E-state index contributed by atoms with van der Waals surface area (Å²) in [6, 6.07) is 3.52. The van der Waals surface area contributed by atoms with Gasteiger partial charge in [0.15, 0.2) is 0 Å². The molecule has 7 nitrogen and oxygen atoms in total. The van der Waals surface area contributed by atoms with Crippen molar-refractivity contribution in [2.24, 2.45) is 5.92 Å². The van der Waals surface area contributed by atoms with Gasteiger partial charge in [0, 0.05) is 18.7 Å². The molecule has 0 unspecified atom stereocenters. The van der Waals surface area contributed by atoms with Crippen molar-refractivity contribution in [3.8, 4) is 0 Å². The molecule has 1 fully saturated rings. The summed E-state index contributed by atoms with van der Waals surface area (Å²) >= 11 is 1.07. The van der Waals surface area contributed by atoms with Gasteiger partial charge in [-0.05, 0) is 63.2 Å². The maximum atomic E-state index is 12.6. The first-order valence-electron chi connectivity index (χ1n) is 9.24. The summed E-state index contributed by atoms with van der Waals surface area (Å²) in [6.45, 7) is 7.00. The Kier molecular flexibility index (Phi) is 6.59. The highest BCUT2D eigenvalue weighted by atomic mass is 32.2. The van der Waals surface area contributed by atoms with Crippen LogP contribution in [-0.2, 0) is 21.3 Å². The van der Waals surface area contributed by atoms with Gasteiger partial charge in [0.1, 0.15) is 21.3 Å². The summed E-state index contributed by atoms with van der Waals surface area (Å²) in [5, 5.41) is 1.58. The molecule has 0 spiro atoms. The van der Waals surface area contributed by atoms with E-state index in [4.69, 9.17) is 4.42 Å². The summed E-state index contributed by atoms with van der Waals surface area (Å²) in [4.78, 5) is 14.2. The minimum Gasteiger partial charge on any atom is -0.466 e. The second-order valence-electron chi connectivity index (χ2n) is 7.12. The zero-order chi connectivity index (χ0) is 20.3. The zero-order valence-corrected chi connectivity index (χ0v) is 18.0. The SMILES string of the molecule is COC(=O)c1sccc1S(=O)(=O)NCC1CCN(Cc2cc(C)oc2C)CC1. The van der Waals surface area contributed by atoms with Crippen LogP contribution < -0.4 is 4.72 Å². The Labute approximate surface area is 169 Å². The van der Waals surface area contributed by atoms with E-state index in [1.807, 2.05) is 13.8 Å². The molecule has 9 heteroatoms. The Hall–Kier alpha value is -1.68. The number of esters is 1. The van der Waals surface area contributed by atoms with E-state index in [0.717, 1.165) is 55.3 Å². The number of furan rings is 1. The Morgan fingerprint density at radius 3 is 2.68 bits per heavy atom. The average Bonchev–Trinajstić information content (AvgIpc) is 3.28. The highest BCUT2D eigenvalue weighted by Crippen LogP contribution is 2.24. The molecule has 154 valence electrons. The molecule has 0 aliphatic carbocycles. The first-order chi connectivity index (χ1) is 13.3. The second-order valence-corrected chi connectivity index (χ2v) is 9.77. The van der Waals surface area contributed by atoms with E-state index >= 15 is 0 Å². The fraction of sp³-hybridized carbons (Fsp3) is 0.526. The van der Waals surface area contributed by atoms with Crippen LogP contribution in [0.2, 0.25) is 0 Å². The molecular weight excluding hydrogens is 400 g/mol. The van der Waals surface area contributed by atoms with Gasteiger partial charge in [-0.15, -0.1) is 11.3 Å². The average molecular weight is 427 g/mol. The van der Waals surface area contributed by atoms with Crippen LogP contribution in [-0.4, -0.2) is 46.0 Å². The van der Waals surface area contributed by atoms with Gasteiger partial charge in [0.25, 0.3) is 0 Å². The quantitative estimate of drug-likeness (QED) is 0.685. The van der Waals surface area contributed by atoms with Gasteiger partial charge in [-0.2, -0.15) is 0 Å². The molecule has 0 radical (unpaired) electrons. The number of nitrogens with one attached hydrogen (secondary N) is 1. The minimum atomic E-state index is -3.73. The van der Waals surface area contributed by atoms with Gasteiger partial charge in [-0.1, -0.05) is 0 Å². The van der Waals surface area contributed by atoms with E-state index < -0.39 is 16.0 Å². The molecule has 0 atom stereocenters. The van der Waals surface area contributed by atoms with E-state index in [2.05, 4.69) is 20.4 Å². The lowest BCUT2D eigenvalue weighted by Gasteiger charge is -2.31. The standard InChI is InChI=1S/C19H26N2O5S2/c1-13-10-16(14(2)26-13)12-21-7-4-15(5-8-21)11-20-28(23,24)17-6-9-27-18(17)19(22)25-3/h6,9-10,15,20H,4-5,7-8,11-12H2,1-3H3. The first-order valence-corrected chi connectivity index (χ1v) is 11.6. The number of piperidine rings is 1. The van der Waals surface area contributed by atoms with Crippen LogP contribution in [0.5, 0.6) is 0 Å². The van der Waals surface area contributed by atoms with Crippen LogP contribution in [0.1, 0.15) is 39.6 Å². The van der Waals surface area contributed by atoms with Gasteiger partial charge >= 0.3 is 5.97 Å². The number of thiophene rings is 1. The molecule has 0 bridgehead atoms. The fourth-order valence-corrected chi connectivity index (χ4v) is 5.93. The number of hydrogen-bond donors (Lipinski definition) is 1. The Morgan fingerprint density at radius 2 is 2.07 bits per heavy atom. The lowest BCUT2D eigenvalue weighted by atomic mass is 9.97. The Morgan fingerprint density at radius 1 is 1.36 bits per heavy atom. The van der Waals surface area contributed by atoms with E-state index in [1.54, 1.807) is 5.38 Å². The Balaban J connectivity index is 1.52. The topological polar surface area (TPSA) is 88.8 Å². The molecule has 0 aromatic carbocycles. The number of nitrogens with zero attached hydrogens (tertiary/aromatic N) is 1. The molecule has 1 N–H and O–H groups in total. The number of carbonyl (C=O) groups excluding carboxylic acids is 1. The lowest BCUT2D eigenvalue weighted by molar-refractivity contribution is 0.0602. The van der Waals surface area contributed by atoms with Crippen molar-refractivity contribution >= 4 is 27.3 Å². The molecule has 1 saturated heterocycles. The molecule has 1 aliphatic rings. The predicted octanol–water partition coefficient (Wildman–Crippen LogP) is 2.94. The van der Waals surface area contributed by atoms with E-state index in [9.17, 15) is 13.2 Å². The highest BCUT2D eigenvalue weighted by molar-refractivity contribution is 7.89. The number of ether oxygens (including phenoxy) is 1. The largest absolute Gasteiger partial charge is 0.466 e. The van der Waals surface area contributed by atoms with E-state index in [1.165, 1.54) is 18.7 Å². The van der Waals surface area contributed by atoms with E-state index in [0.29, 0.717) is 6.54 Å². The van der Waals surface area contributed by atoms with Crippen LogP contribution in [0.4, 0.5) is 0 Å². The maximum Gasteiger partial charge on any atom is 0.349 e. The van der Waals surface area contributed by atoms with Crippen LogP contribution in [0.3, 0.4) is 0 Å². The summed E-state index contributed by atoms with van der Waals surface area (Å²) in [7, 11) is -2.49. The van der Waals surface area contributed by atoms with Crippen molar-refractivity contribution < 1.29 is 22.4 Å². The summed E-state index contributed by atoms with van der Waals surface area (Å²) in [6.07, 6.45) is 1.85. The van der Waals surface area contributed by atoms with Gasteiger partial charge in [0.05, 0.1) is 7.11 Å². The van der Waals surface area contributed by atoms with Gasteiger partial charge in [0.2, 0.25) is 10.0 Å². The van der Waals surface area contributed by atoms with Crippen molar-refractivity contribution in [2.75, 3.05) is 26.7 Å². The van der Waals surface area contributed by atoms with Gasteiger partial charge in [-0.25, -0.2) is 17.9 Å². The lowest BCUT2D eigenvalue weighted by Crippen LogP contribution is -2.38. The molecule has 2 aromatic rings. The number of sulfonamides is 1. The number of likely N-dealkylation sites (tertiary alicyclic amines) is 1. The van der Waals surface area contributed by atoms with Crippen LogP contribution in [0, 0.1) is 19.8 Å². The van der Waals surface area contributed by atoms with E-state index in [-0.39, 0.29) is 15.7 Å². The molecule has 3 heterocycles. The van der Waals surface area contributed by atoms with Crippen molar-refractivity contribution in [3.05, 3.63) is 39.5 Å². The smallest absolute Gasteiger partial charge is 0.349 e. The van der Waals surface area contributed by atoms with Crippen LogP contribution in [0.15, 0.2) is 26.8 Å².